The first-order valence-electron chi connectivity index (χ1n) is 5.96. The Hall–Kier alpha value is -1.17. The van der Waals surface area contributed by atoms with Crippen molar-refractivity contribution in [3.05, 3.63) is 22.8 Å². The summed E-state index contributed by atoms with van der Waals surface area (Å²) in [5, 5.41) is 2.90. The molecule has 0 radical (unpaired) electrons. The van der Waals surface area contributed by atoms with Crippen molar-refractivity contribution in [1.82, 2.24) is 15.3 Å². The molecule has 0 bridgehead atoms. The van der Waals surface area contributed by atoms with E-state index >= 15 is 0 Å². The van der Waals surface area contributed by atoms with Gasteiger partial charge in [-0.25, -0.2) is 9.97 Å². The van der Waals surface area contributed by atoms with Gasteiger partial charge in [-0.1, -0.05) is 13.8 Å². The maximum Gasteiger partial charge on any atom is 0.433 e. The van der Waals surface area contributed by atoms with Gasteiger partial charge in [0.05, 0.1) is 5.69 Å². The smallest absolute Gasteiger partial charge is 0.307 e. The topological polar surface area (TPSA) is 37.8 Å². The summed E-state index contributed by atoms with van der Waals surface area (Å²) in [7, 11) is 0. The summed E-state index contributed by atoms with van der Waals surface area (Å²) in [6, 6.07) is 0. The zero-order valence-electron chi connectivity index (χ0n) is 10.2. The van der Waals surface area contributed by atoms with E-state index in [0.29, 0.717) is 18.1 Å². The van der Waals surface area contributed by atoms with Crippen molar-refractivity contribution >= 4 is 0 Å². The SMILES string of the molecule is CC1(C)CC1c1nc2c(c(C(F)(F)F)n1)CNC2. The third kappa shape index (κ3) is 1.79. The van der Waals surface area contributed by atoms with E-state index < -0.39 is 11.9 Å². The minimum Gasteiger partial charge on any atom is -0.307 e. The average molecular weight is 257 g/mol. The van der Waals surface area contributed by atoms with Crippen molar-refractivity contribution in [2.75, 3.05) is 0 Å². The maximum atomic E-state index is 13.0. The highest BCUT2D eigenvalue weighted by molar-refractivity contribution is 5.33. The summed E-state index contributed by atoms with van der Waals surface area (Å²) in [4.78, 5) is 8.11. The Balaban J connectivity index is 2.09. The molecule has 18 heavy (non-hydrogen) atoms. The highest BCUT2D eigenvalue weighted by atomic mass is 19.4. The molecule has 1 atom stereocenters. The molecule has 1 aliphatic heterocycles. The first kappa shape index (κ1) is 11.9. The molecule has 1 saturated carbocycles. The van der Waals surface area contributed by atoms with Gasteiger partial charge in [0.15, 0.2) is 5.69 Å². The Morgan fingerprint density at radius 2 is 1.89 bits per heavy atom. The van der Waals surface area contributed by atoms with Gasteiger partial charge in [-0.2, -0.15) is 13.2 Å². The molecule has 2 aliphatic rings. The lowest BCUT2D eigenvalue weighted by Crippen LogP contribution is -2.16. The molecule has 0 amide bonds. The Morgan fingerprint density at radius 3 is 2.44 bits per heavy atom. The van der Waals surface area contributed by atoms with Crippen molar-refractivity contribution in [3.63, 3.8) is 0 Å². The van der Waals surface area contributed by atoms with E-state index in [9.17, 15) is 13.2 Å². The van der Waals surface area contributed by atoms with Crippen molar-refractivity contribution in [1.29, 1.82) is 0 Å². The van der Waals surface area contributed by atoms with E-state index in [-0.39, 0.29) is 23.4 Å². The van der Waals surface area contributed by atoms with Gasteiger partial charge in [0.25, 0.3) is 0 Å². The second-order valence-electron chi connectivity index (χ2n) is 5.70. The molecule has 6 heteroatoms. The number of hydrogen-bond acceptors (Lipinski definition) is 3. The first-order valence-corrected chi connectivity index (χ1v) is 5.96. The predicted octanol–water partition coefficient (Wildman–Crippen LogP) is 2.61. The Bertz CT molecular complexity index is 508. The minimum atomic E-state index is -4.40. The van der Waals surface area contributed by atoms with Gasteiger partial charge >= 0.3 is 6.18 Å². The molecule has 0 aromatic carbocycles. The van der Waals surface area contributed by atoms with E-state index in [1.165, 1.54) is 0 Å². The molecule has 3 nitrogen and oxygen atoms in total. The van der Waals surface area contributed by atoms with E-state index in [4.69, 9.17) is 0 Å². The third-order valence-electron chi connectivity index (χ3n) is 3.80. The molecule has 0 spiro atoms. The molecule has 1 aliphatic carbocycles. The maximum absolute atomic E-state index is 13.0. The number of halogens is 3. The van der Waals surface area contributed by atoms with Crippen molar-refractivity contribution in [2.45, 2.75) is 45.5 Å². The van der Waals surface area contributed by atoms with Crippen LogP contribution in [0.2, 0.25) is 0 Å². The van der Waals surface area contributed by atoms with Crippen LogP contribution in [0.25, 0.3) is 0 Å². The number of aromatic nitrogens is 2. The molecule has 1 unspecified atom stereocenters. The van der Waals surface area contributed by atoms with Crippen LogP contribution >= 0.6 is 0 Å². The van der Waals surface area contributed by atoms with Gasteiger partial charge < -0.3 is 5.32 Å². The van der Waals surface area contributed by atoms with Gasteiger partial charge in [-0.15, -0.1) is 0 Å². The molecule has 3 rings (SSSR count). The number of hydrogen-bond donors (Lipinski definition) is 1. The fourth-order valence-electron chi connectivity index (χ4n) is 2.49. The summed E-state index contributed by atoms with van der Waals surface area (Å²) in [6.45, 7) is 4.67. The lowest BCUT2D eigenvalue weighted by atomic mass is 10.1. The lowest BCUT2D eigenvalue weighted by Gasteiger charge is -2.12. The summed E-state index contributed by atoms with van der Waals surface area (Å²) >= 11 is 0. The fourth-order valence-corrected chi connectivity index (χ4v) is 2.49. The number of alkyl halides is 3. The van der Waals surface area contributed by atoms with Crippen LogP contribution in [0.1, 0.15) is 49.0 Å². The number of nitrogens with zero attached hydrogens (tertiary/aromatic N) is 2. The number of rotatable bonds is 1. The summed E-state index contributed by atoms with van der Waals surface area (Å²) in [5.41, 5.74) is -0.00158. The van der Waals surface area contributed by atoms with Crippen LogP contribution in [-0.4, -0.2) is 9.97 Å². The van der Waals surface area contributed by atoms with Gasteiger partial charge in [-0.3, -0.25) is 0 Å². The molecule has 1 fully saturated rings. The van der Waals surface area contributed by atoms with Crippen molar-refractivity contribution < 1.29 is 13.2 Å². The Labute approximate surface area is 103 Å². The van der Waals surface area contributed by atoms with Crippen LogP contribution in [0.3, 0.4) is 0 Å². The zero-order chi connectivity index (χ0) is 13.1. The normalized spacial score (nSPS) is 25.1. The first-order chi connectivity index (χ1) is 8.29. The summed E-state index contributed by atoms with van der Waals surface area (Å²) < 4.78 is 38.9. The standard InChI is InChI=1S/C12H14F3N3/c1-11(2)3-7(11)10-17-8-5-16-4-6(8)9(18-10)12(13,14)15/h7,16H,3-5H2,1-2H3. The van der Waals surface area contributed by atoms with Gasteiger partial charge in [0.1, 0.15) is 5.82 Å². The second-order valence-corrected chi connectivity index (χ2v) is 5.70. The quantitative estimate of drug-likeness (QED) is 0.840. The highest BCUT2D eigenvalue weighted by Crippen LogP contribution is 2.57. The zero-order valence-corrected chi connectivity index (χ0v) is 10.2. The molecular formula is C12H14F3N3. The Morgan fingerprint density at radius 1 is 1.22 bits per heavy atom. The van der Waals surface area contributed by atoms with E-state index in [0.717, 1.165) is 6.42 Å². The van der Waals surface area contributed by atoms with Crippen molar-refractivity contribution in [2.24, 2.45) is 5.41 Å². The average Bonchev–Trinajstić information content (AvgIpc) is 2.71. The predicted molar refractivity (Wildman–Crippen MR) is 58.7 cm³/mol. The van der Waals surface area contributed by atoms with Crippen molar-refractivity contribution in [3.8, 4) is 0 Å². The summed E-state index contributed by atoms with van der Waals surface area (Å²) in [6.07, 6.45) is -3.54. The lowest BCUT2D eigenvalue weighted by molar-refractivity contribution is -0.142. The Kier molecular flexibility index (Phi) is 2.27. The van der Waals surface area contributed by atoms with E-state index in [2.05, 4.69) is 15.3 Å². The van der Waals surface area contributed by atoms with E-state index in [1.807, 2.05) is 13.8 Å². The van der Waals surface area contributed by atoms with Crippen LogP contribution < -0.4 is 5.32 Å². The van der Waals surface area contributed by atoms with Crippen LogP contribution in [0.4, 0.5) is 13.2 Å². The van der Waals surface area contributed by atoms with Crippen LogP contribution in [0.15, 0.2) is 0 Å². The van der Waals surface area contributed by atoms with Crippen LogP contribution in [0, 0.1) is 5.41 Å². The molecule has 1 aromatic heterocycles. The summed E-state index contributed by atoms with van der Waals surface area (Å²) in [5.74, 6) is 0.416. The minimum absolute atomic E-state index is 0.0309. The van der Waals surface area contributed by atoms with Crippen LogP contribution in [-0.2, 0) is 19.3 Å². The van der Waals surface area contributed by atoms with Gasteiger partial charge in [-0.05, 0) is 11.8 Å². The largest absolute Gasteiger partial charge is 0.433 e. The van der Waals surface area contributed by atoms with Gasteiger partial charge in [0, 0.05) is 24.6 Å². The molecule has 2 heterocycles. The fraction of sp³-hybridized carbons (Fsp3) is 0.667. The third-order valence-corrected chi connectivity index (χ3v) is 3.80. The van der Waals surface area contributed by atoms with Gasteiger partial charge in [0.2, 0.25) is 0 Å². The molecular weight excluding hydrogens is 243 g/mol. The number of fused-ring (bicyclic) bond motifs is 1. The monoisotopic (exact) mass is 257 g/mol. The molecule has 1 aromatic rings. The van der Waals surface area contributed by atoms with Crippen LogP contribution in [0.5, 0.6) is 0 Å². The molecule has 1 N–H and O–H groups in total. The highest BCUT2D eigenvalue weighted by Gasteiger charge is 2.50. The molecule has 98 valence electrons. The number of nitrogens with one attached hydrogen (secondary N) is 1. The van der Waals surface area contributed by atoms with E-state index in [1.54, 1.807) is 0 Å². The molecule has 0 saturated heterocycles. The second kappa shape index (κ2) is 3.44.